The minimum atomic E-state index is 0.355. The Bertz CT molecular complexity index is 464. The second-order valence-electron chi connectivity index (χ2n) is 4.36. The fourth-order valence-electron chi connectivity index (χ4n) is 1.87. The summed E-state index contributed by atoms with van der Waals surface area (Å²) in [5, 5.41) is 3.51. The summed E-state index contributed by atoms with van der Waals surface area (Å²) in [6.45, 7) is 3.04. The summed E-state index contributed by atoms with van der Waals surface area (Å²) in [5.41, 5.74) is 2.57. The molecule has 18 heavy (non-hydrogen) atoms. The number of benzene rings is 2. The lowest BCUT2D eigenvalue weighted by Crippen LogP contribution is -2.17. The third-order valence-corrected chi connectivity index (χ3v) is 3.07. The van der Waals surface area contributed by atoms with E-state index in [1.807, 2.05) is 18.2 Å². The van der Waals surface area contributed by atoms with Crippen LogP contribution in [0.15, 0.2) is 54.6 Å². The normalized spacial score (nSPS) is 12.1. The summed E-state index contributed by atoms with van der Waals surface area (Å²) >= 11 is 0. The van der Waals surface area contributed by atoms with Crippen LogP contribution in [0.2, 0.25) is 0 Å². The Labute approximate surface area is 109 Å². The van der Waals surface area contributed by atoms with Gasteiger partial charge in [0.1, 0.15) is 5.75 Å². The standard InChI is InChI=1S/C16H19NO/c1-13(15-6-4-3-5-7-15)17-12-14-8-10-16(18-2)11-9-14/h3-11,13,17H,12H2,1-2H3. The molecular weight excluding hydrogens is 222 g/mol. The molecule has 0 fully saturated rings. The van der Waals surface area contributed by atoms with Gasteiger partial charge in [0.2, 0.25) is 0 Å². The third kappa shape index (κ3) is 3.34. The maximum absolute atomic E-state index is 5.14. The summed E-state index contributed by atoms with van der Waals surface area (Å²) in [5.74, 6) is 0.898. The average molecular weight is 241 g/mol. The van der Waals surface area contributed by atoms with E-state index in [1.165, 1.54) is 11.1 Å². The molecular formula is C16H19NO. The van der Waals surface area contributed by atoms with E-state index in [-0.39, 0.29) is 0 Å². The Morgan fingerprint density at radius 3 is 2.28 bits per heavy atom. The highest BCUT2D eigenvalue weighted by Gasteiger charge is 2.03. The van der Waals surface area contributed by atoms with E-state index < -0.39 is 0 Å². The van der Waals surface area contributed by atoms with Crippen molar-refractivity contribution in [2.75, 3.05) is 7.11 Å². The quantitative estimate of drug-likeness (QED) is 0.864. The highest BCUT2D eigenvalue weighted by Crippen LogP contribution is 2.14. The number of ether oxygens (including phenoxy) is 1. The highest BCUT2D eigenvalue weighted by atomic mass is 16.5. The van der Waals surface area contributed by atoms with E-state index >= 15 is 0 Å². The maximum Gasteiger partial charge on any atom is 0.118 e. The molecule has 0 radical (unpaired) electrons. The predicted molar refractivity (Wildman–Crippen MR) is 74.7 cm³/mol. The van der Waals surface area contributed by atoms with Crippen LogP contribution in [0.3, 0.4) is 0 Å². The lowest BCUT2D eigenvalue weighted by Gasteiger charge is -2.14. The SMILES string of the molecule is COc1ccc(CNC(C)c2ccccc2)cc1. The fraction of sp³-hybridized carbons (Fsp3) is 0.250. The maximum atomic E-state index is 5.14. The fourth-order valence-corrected chi connectivity index (χ4v) is 1.87. The number of hydrogen-bond acceptors (Lipinski definition) is 2. The van der Waals surface area contributed by atoms with Crippen molar-refractivity contribution < 1.29 is 4.74 Å². The van der Waals surface area contributed by atoms with Crippen molar-refractivity contribution in [3.8, 4) is 5.75 Å². The smallest absolute Gasteiger partial charge is 0.118 e. The van der Waals surface area contributed by atoms with E-state index in [1.54, 1.807) is 7.11 Å². The monoisotopic (exact) mass is 241 g/mol. The molecule has 2 rings (SSSR count). The molecule has 1 N–H and O–H groups in total. The first kappa shape index (κ1) is 12.7. The Morgan fingerprint density at radius 2 is 1.67 bits per heavy atom. The van der Waals surface area contributed by atoms with Crippen molar-refractivity contribution in [1.29, 1.82) is 0 Å². The van der Waals surface area contributed by atoms with Crippen LogP contribution in [-0.4, -0.2) is 7.11 Å². The first-order valence-corrected chi connectivity index (χ1v) is 6.21. The summed E-state index contributed by atoms with van der Waals surface area (Å²) in [4.78, 5) is 0. The molecule has 0 aromatic heterocycles. The van der Waals surface area contributed by atoms with Gasteiger partial charge in [-0.05, 0) is 30.2 Å². The molecule has 2 aromatic carbocycles. The van der Waals surface area contributed by atoms with E-state index in [0.717, 1.165) is 12.3 Å². The van der Waals surface area contributed by atoms with Crippen molar-refractivity contribution in [3.05, 3.63) is 65.7 Å². The molecule has 0 aliphatic heterocycles. The van der Waals surface area contributed by atoms with Crippen LogP contribution in [0.4, 0.5) is 0 Å². The van der Waals surface area contributed by atoms with Gasteiger partial charge in [0, 0.05) is 12.6 Å². The molecule has 1 unspecified atom stereocenters. The van der Waals surface area contributed by atoms with E-state index in [0.29, 0.717) is 6.04 Å². The number of nitrogens with one attached hydrogen (secondary N) is 1. The third-order valence-electron chi connectivity index (χ3n) is 3.07. The van der Waals surface area contributed by atoms with Crippen molar-refractivity contribution >= 4 is 0 Å². The lowest BCUT2D eigenvalue weighted by atomic mass is 10.1. The summed E-state index contributed by atoms with van der Waals surface area (Å²) in [6.07, 6.45) is 0. The van der Waals surface area contributed by atoms with Crippen LogP contribution in [-0.2, 0) is 6.54 Å². The molecule has 1 atom stereocenters. The topological polar surface area (TPSA) is 21.3 Å². The van der Waals surface area contributed by atoms with Crippen molar-refractivity contribution in [1.82, 2.24) is 5.32 Å². The minimum Gasteiger partial charge on any atom is -0.497 e. The molecule has 0 bridgehead atoms. The average Bonchev–Trinajstić information content (AvgIpc) is 2.46. The molecule has 0 amide bonds. The predicted octanol–water partition coefficient (Wildman–Crippen LogP) is 3.55. The van der Waals surface area contributed by atoms with Gasteiger partial charge in [-0.15, -0.1) is 0 Å². The number of methoxy groups -OCH3 is 1. The van der Waals surface area contributed by atoms with Crippen LogP contribution >= 0.6 is 0 Å². The second-order valence-corrected chi connectivity index (χ2v) is 4.36. The molecule has 0 aliphatic carbocycles. The molecule has 2 nitrogen and oxygen atoms in total. The Morgan fingerprint density at radius 1 is 1.00 bits per heavy atom. The van der Waals surface area contributed by atoms with Crippen LogP contribution in [0.1, 0.15) is 24.1 Å². The zero-order valence-electron chi connectivity index (χ0n) is 10.9. The first-order valence-electron chi connectivity index (χ1n) is 6.21. The number of rotatable bonds is 5. The summed E-state index contributed by atoms with van der Waals surface area (Å²) in [6, 6.07) is 19.0. The van der Waals surface area contributed by atoms with Crippen LogP contribution in [0.25, 0.3) is 0 Å². The molecule has 0 saturated heterocycles. The van der Waals surface area contributed by atoms with Crippen LogP contribution in [0, 0.1) is 0 Å². The Kier molecular flexibility index (Phi) is 4.37. The number of hydrogen-bond donors (Lipinski definition) is 1. The van der Waals surface area contributed by atoms with Crippen molar-refractivity contribution in [2.24, 2.45) is 0 Å². The minimum absolute atomic E-state index is 0.355. The Balaban J connectivity index is 1.91. The van der Waals surface area contributed by atoms with Gasteiger partial charge in [0.05, 0.1) is 7.11 Å². The van der Waals surface area contributed by atoms with Gasteiger partial charge in [-0.2, -0.15) is 0 Å². The van der Waals surface area contributed by atoms with Crippen molar-refractivity contribution in [3.63, 3.8) is 0 Å². The van der Waals surface area contributed by atoms with Gasteiger partial charge >= 0.3 is 0 Å². The molecule has 94 valence electrons. The van der Waals surface area contributed by atoms with E-state index in [4.69, 9.17) is 4.74 Å². The molecule has 0 aliphatic rings. The molecule has 0 heterocycles. The largest absolute Gasteiger partial charge is 0.497 e. The lowest BCUT2D eigenvalue weighted by molar-refractivity contribution is 0.414. The summed E-state index contributed by atoms with van der Waals surface area (Å²) in [7, 11) is 1.69. The zero-order valence-corrected chi connectivity index (χ0v) is 10.9. The first-order chi connectivity index (χ1) is 8.79. The van der Waals surface area contributed by atoms with Crippen molar-refractivity contribution in [2.45, 2.75) is 19.5 Å². The molecule has 0 saturated carbocycles. The summed E-state index contributed by atoms with van der Waals surface area (Å²) < 4.78 is 5.14. The van der Waals surface area contributed by atoms with Gasteiger partial charge in [0.15, 0.2) is 0 Å². The highest BCUT2D eigenvalue weighted by molar-refractivity contribution is 5.27. The second kappa shape index (κ2) is 6.22. The van der Waals surface area contributed by atoms with Gasteiger partial charge in [-0.3, -0.25) is 0 Å². The molecule has 2 aromatic rings. The molecule has 0 spiro atoms. The van der Waals surface area contributed by atoms with Gasteiger partial charge in [-0.25, -0.2) is 0 Å². The molecule has 2 heteroatoms. The van der Waals surface area contributed by atoms with Crippen LogP contribution in [0.5, 0.6) is 5.75 Å². The van der Waals surface area contributed by atoms with E-state index in [2.05, 4.69) is 48.6 Å². The van der Waals surface area contributed by atoms with Crippen LogP contribution < -0.4 is 10.1 Å². The zero-order chi connectivity index (χ0) is 12.8. The Hall–Kier alpha value is -1.80. The van der Waals surface area contributed by atoms with Gasteiger partial charge < -0.3 is 10.1 Å². The van der Waals surface area contributed by atoms with Gasteiger partial charge in [0.25, 0.3) is 0 Å². The van der Waals surface area contributed by atoms with Gasteiger partial charge in [-0.1, -0.05) is 42.5 Å². The van der Waals surface area contributed by atoms with E-state index in [9.17, 15) is 0 Å².